The summed E-state index contributed by atoms with van der Waals surface area (Å²) in [5, 5.41) is 2.39. The number of rotatable bonds is 9. The first-order valence-corrected chi connectivity index (χ1v) is 11.2. The predicted molar refractivity (Wildman–Crippen MR) is 105 cm³/mol. The predicted octanol–water partition coefficient (Wildman–Crippen LogP) is 2.38. The van der Waals surface area contributed by atoms with Crippen molar-refractivity contribution in [3.8, 4) is 5.88 Å². The molecule has 1 heterocycles. The summed E-state index contributed by atoms with van der Waals surface area (Å²) >= 11 is 0. The summed E-state index contributed by atoms with van der Waals surface area (Å²) in [7, 11) is -3.60. The van der Waals surface area contributed by atoms with E-state index in [1.165, 1.54) is 6.07 Å². The van der Waals surface area contributed by atoms with Crippen LogP contribution in [0.2, 0.25) is 0 Å². The maximum atomic E-state index is 12.7. The highest BCUT2D eigenvalue weighted by Gasteiger charge is 2.32. The molecule has 0 radical (unpaired) electrons. The van der Waals surface area contributed by atoms with E-state index in [0.717, 1.165) is 12.8 Å². The third-order valence-corrected chi connectivity index (χ3v) is 6.29. The van der Waals surface area contributed by atoms with Gasteiger partial charge >= 0.3 is 6.09 Å². The van der Waals surface area contributed by atoms with Crippen LogP contribution < -0.4 is 15.8 Å². The molecule has 1 aromatic heterocycles. The summed E-state index contributed by atoms with van der Waals surface area (Å²) in [6.45, 7) is 7.43. The normalized spacial score (nSPS) is 15.5. The molecule has 3 N–H and O–H groups in total. The molecule has 156 valence electrons. The Bertz CT molecular complexity index is 832. The number of sulfone groups is 1. The lowest BCUT2D eigenvalue weighted by atomic mass is 10.0. The third kappa shape index (κ3) is 6.19. The molecular formula is C19H29N3O5S. The molecular weight excluding hydrogens is 382 g/mol. The fourth-order valence-corrected chi connectivity index (χ4v) is 4.81. The summed E-state index contributed by atoms with van der Waals surface area (Å²) in [5.74, 6) is -0.564. The molecule has 1 aromatic rings. The van der Waals surface area contributed by atoms with Crippen LogP contribution in [0.5, 0.6) is 5.88 Å². The number of nitrogens with one attached hydrogen (secondary N) is 1. The van der Waals surface area contributed by atoms with Crippen LogP contribution in [0.15, 0.2) is 17.2 Å². The molecule has 0 unspecified atom stereocenters. The van der Waals surface area contributed by atoms with Gasteiger partial charge in [0.1, 0.15) is 6.04 Å². The van der Waals surface area contributed by atoms with Crippen LogP contribution in [-0.4, -0.2) is 37.2 Å². The molecule has 1 aliphatic rings. The SMILES string of the molecule is CC(C)C[C@H](NC(=O)Oc1ccc(C2CC2)c(S(=O)(=O)CC(C)C)n1)C(N)=O. The molecule has 0 aliphatic heterocycles. The zero-order chi connectivity index (χ0) is 21.1. The lowest BCUT2D eigenvalue weighted by molar-refractivity contribution is -0.120. The van der Waals surface area contributed by atoms with Gasteiger partial charge in [0.05, 0.1) is 5.75 Å². The molecule has 0 bridgehead atoms. The van der Waals surface area contributed by atoms with E-state index in [-0.39, 0.29) is 34.4 Å². The van der Waals surface area contributed by atoms with Gasteiger partial charge in [-0.25, -0.2) is 18.2 Å². The van der Waals surface area contributed by atoms with E-state index in [1.54, 1.807) is 6.07 Å². The number of ether oxygens (including phenoxy) is 1. The number of amides is 2. The highest BCUT2D eigenvalue weighted by atomic mass is 32.2. The van der Waals surface area contributed by atoms with Gasteiger partial charge in [-0.05, 0) is 42.6 Å². The molecule has 1 fully saturated rings. The van der Waals surface area contributed by atoms with Gasteiger partial charge in [0.25, 0.3) is 0 Å². The number of nitrogens with two attached hydrogens (primary N) is 1. The maximum Gasteiger partial charge on any atom is 0.414 e. The standard InChI is InChI=1S/C19H29N3O5S/c1-11(2)9-15(17(20)23)21-19(24)27-16-8-7-14(13-5-6-13)18(22-16)28(25,26)10-12(3)4/h7-8,11-13,15H,5-6,9-10H2,1-4H3,(H2,20,23)(H,21,24)/t15-/m0/s1. The number of carbonyl (C=O) groups is 2. The summed E-state index contributed by atoms with van der Waals surface area (Å²) in [6, 6.07) is 2.26. The van der Waals surface area contributed by atoms with Crippen LogP contribution in [0.3, 0.4) is 0 Å². The Kier molecular flexibility index (Phi) is 7.03. The van der Waals surface area contributed by atoms with Crippen molar-refractivity contribution in [2.24, 2.45) is 17.6 Å². The van der Waals surface area contributed by atoms with Crippen molar-refractivity contribution in [3.05, 3.63) is 17.7 Å². The minimum atomic E-state index is -3.60. The molecule has 8 nitrogen and oxygen atoms in total. The number of hydrogen-bond acceptors (Lipinski definition) is 6. The number of aromatic nitrogens is 1. The Morgan fingerprint density at radius 3 is 2.36 bits per heavy atom. The Labute approximate surface area is 166 Å². The lowest BCUT2D eigenvalue weighted by Gasteiger charge is -2.17. The van der Waals surface area contributed by atoms with E-state index in [0.29, 0.717) is 12.0 Å². The summed E-state index contributed by atoms with van der Waals surface area (Å²) in [5.41, 5.74) is 5.98. The van der Waals surface area contributed by atoms with E-state index < -0.39 is 27.9 Å². The largest absolute Gasteiger partial charge is 0.414 e. The minimum absolute atomic E-state index is 0.0253. The molecule has 2 rings (SSSR count). The van der Waals surface area contributed by atoms with E-state index in [2.05, 4.69) is 10.3 Å². The summed E-state index contributed by atoms with van der Waals surface area (Å²) in [6.07, 6.45) is 1.31. The van der Waals surface area contributed by atoms with Gasteiger partial charge in [0, 0.05) is 6.07 Å². The second-order valence-corrected chi connectivity index (χ2v) is 10.1. The third-order valence-electron chi connectivity index (χ3n) is 4.27. The second kappa shape index (κ2) is 8.89. The topological polar surface area (TPSA) is 128 Å². The lowest BCUT2D eigenvalue weighted by Crippen LogP contribution is -2.46. The van der Waals surface area contributed by atoms with Crippen molar-refractivity contribution in [1.29, 1.82) is 0 Å². The van der Waals surface area contributed by atoms with Crippen molar-refractivity contribution < 1.29 is 22.7 Å². The fourth-order valence-electron chi connectivity index (χ4n) is 2.95. The van der Waals surface area contributed by atoms with Crippen molar-refractivity contribution in [1.82, 2.24) is 10.3 Å². The average molecular weight is 412 g/mol. The zero-order valence-corrected chi connectivity index (χ0v) is 17.6. The van der Waals surface area contributed by atoms with E-state index in [9.17, 15) is 18.0 Å². The number of primary amides is 1. The fraction of sp³-hybridized carbons (Fsp3) is 0.632. The Morgan fingerprint density at radius 1 is 1.21 bits per heavy atom. The number of pyridine rings is 1. The van der Waals surface area contributed by atoms with Crippen LogP contribution in [0.1, 0.15) is 58.4 Å². The maximum absolute atomic E-state index is 12.7. The monoisotopic (exact) mass is 411 g/mol. The number of carbonyl (C=O) groups excluding carboxylic acids is 2. The first-order chi connectivity index (χ1) is 13.0. The summed E-state index contributed by atoms with van der Waals surface area (Å²) in [4.78, 5) is 27.8. The smallest absolute Gasteiger partial charge is 0.391 e. The van der Waals surface area contributed by atoms with Crippen LogP contribution in [0.25, 0.3) is 0 Å². The molecule has 1 saturated carbocycles. The molecule has 1 atom stereocenters. The average Bonchev–Trinajstić information content (AvgIpc) is 3.37. The van der Waals surface area contributed by atoms with Gasteiger partial charge in [-0.2, -0.15) is 0 Å². The first-order valence-electron chi connectivity index (χ1n) is 9.51. The van der Waals surface area contributed by atoms with Gasteiger partial charge in [0.15, 0.2) is 14.9 Å². The van der Waals surface area contributed by atoms with Crippen LogP contribution in [0, 0.1) is 11.8 Å². The second-order valence-electron chi connectivity index (χ2n) is 8.11. The highest BCUT2D eigenvalue weighted by Crippen LogP contribution is 2.43. The van der Waals surface area contributed by atoms with Gasteiger partial charge in [0.2, 0.25) is 11.8 Å². The highest BCUT2D eigenvalue weighted by molar-refractivity contribution is 7.91. The van der Waals surface area contributed by atoms with Gasteiger partial charge in [-0.1, -0.05) is 33.8 Å². The number of nitrogens with zero attached hydrogens (tertiary/aromatic N) is 1. The molecule has 0 aromatic carbocycles. The molecule has 9 heteroatoms. The molecule has 1 aliphatic carbocycles. The van der Waals surface area contributed by atoms with Gasteiger partial charge < -0.3 is 15.8 Å². The number of hydrogen-bond donors (Lipinski definition) is 2. The van der Waals surface area contributed by atoms with Gasteiger partial charge in [-0.15, -0.1) is 0 Å². The minimum Gasteiger partial charge on any atom is -0.391 e. The molecule has 0 saturated heterocycles. The zero-order valence-electron chi connectivity index (χ0n) is 16.8. The van der Waals surface area contributed by atoms with Crippen LogP contribution in [-0.2, 0) is 14.6 Å². The van der Waals surface area contributed by atoms with Crippen LogP contribution >= 0.6 is 0 Å². The molecule has 0 spiro atoms. The first kappa shape index (κ1) is 22.1. The Hall–Kier alpha value is -2.16. The molecule has 28 heavy (non-hydrogen) atoms. The quantitative estimate of drug-likeness (QED) is 0.642. The van der Waals surface area contributed by atoms with Crippen LogP contribution in [0.4, 0.5) is 4.79 Å². The van der Waals surface area contributed by atoms with E-state index in [1.807, 2.05) is 27.7 Å². The van der Waals surface area contributed by atoms with Crippen molar-refractivity contribution in [2.75, 3.05) is 5.75 Å². The Morgan fingerprint density at radius 2 is 1.86 bits per heavy atom. The van der Waals surface area contributed by atoms with E-state index >= 15 is 0 Å². The van der Waals surface area contributed by atoms with Crippen molar-refractivity contribution >= 4 is 21.8 Å². The van der Waals surface area contributed by atoms with Gasteiger partial charge in [-0.3, -0.25) is 4.79 Å². The molecule has 2 amide bonds. The Balaban J connectivity index is 2.21. The van der Waals surface area contributed by atoms with Crippen molar-refractivity contribution in [2.45, 2.75) is 63.9 Å². The summed E-state index contributed by atoms with van der Waals surface area (Å²) < 4.78 is 30.6. The van der Waals surface area contributed by atoms with E-state index in [4.69, 9.17) is 10.5 Å². The van der Waals surface area contributed by atoms with Crippen molar-refractivity contribution in [3.63, 3.8) is 0 Å².